The van der Waals surface area contributed by atoms with Crippen molar-refractivity contribution in [1.82, 2.24) is 15.3 Å². The Morgan fingerprint density at radius 1 is 1.29 bits per heavy atom. The fraction of sp³-hybridized carbons (Fsp3) is 0.176. The lowest BCUT2D eigenvalue weighted by molar-refractivity contribution is -0.385. The molecule has 24 heavy (non-hydrogen) atoms. The minimum atomic E-state index is -0.491. The van der Waals surface area contributed by atoms with Crippen LogP contribution in [0, 0.1) is 17.0 Å². The van der Waals surface area contributed by atoms with Gasteiger partial charge in [-0.2, -0.15) is 0 Å². The third-order valence-electron chi connectivity index (χ3n) is 3.83. The molecule has 0 saturated carbocycles. The van der Waals surface area contributed by atoms with Crippen LogP contribution < -0.4 is 5.32 Å². The van der Waals surface area contributed by atoms with E-state index in [2.05, 4.69) is 15.3 Å². The number of benzene rings is 2. The van der Waals surface area contributed by atoms with Gasteiger partial charge in [-0.3, -0.25) is 14.9 Å². The summed E-state index contributed by atoms with van der Waals surface area (Å²) in [6.07, 6.45) is 0. The second-order valence-corrected chi connectivity index (χ2v) is 5.59. The van der Waals surface area contributed by atoms with Gasteiger partial charge < -0.3 is 10.3 Å². The number of nitrogens with one attached hydrogen (secondary N) is 2. The van der Waals surface area contributed by atoms with E-state index in [9.17, 15) is 14.9 Å². The van der Waals surface area contributed by atoms with E-state index in [1.807, 2.05) is 24.3 Å². The number of amides is 1. The molecule has 0 aliphatic carbocycles. The van der Waals surface area contributed by atoms with Crippen molar-refractivity contribution in [3.05, 3.63) is 69.5 Å². The number of nitro benzene ring substituents is 1. The molecule has 0 aliphatic heterocycles. The van der Waals surface area contributed by atoms with Crippen molar-refractivity contribution in [3.8, 4) is 0 Å². The van der Waals surface area contributed by atoms with Crippen LogP contribution in [0.3, 0.4) is 0 Å². The Balaban J connectivity index is 1.81. The van der Waals surface area contributed by atoms with Crippen molar-refractivity contribution < 1.29 is 9.72 Å². The summed E-state index contributed by atoms with van der Waals surface area (Å²) in [6.45, 7) is 3.44. The number of nitrogens with zero attached hydrogens (tertiary/aromatic N) is 2. The van der Waals surface area contributed by atoms with E-state index < -0.39 is 4.92 Å². The molecule has 1 amide bonds. The van der Waals surface area contributed by atoms with E-state index in [1.165, 1.54) is 6.07 Å². The summed E-state index contributed by atoms with van der Waals surface area (Å²) in [7, 11) is 0. The van der Waals surface area contributed by atoms with Crippen molar-refractivity contribution in [1.29, 1.82) is 0 Å². The molecule has 2 aromatic carbocycles. The highest BCUT2D eigenvalue weighted by Crippen LogP contribution is 2.20. The van der Waals surface area contributed by atoms with Crippen molar-refractivity contribution in [2.24, 2.45) is 0 Å². The van der Waals surface area contributed by atoms with Gasteiger partial charge in [0.1, 0.15) is 5.82 Å². The number of fused-ring (bicyclic) bond motifs is 1. The molecule has 3 aromatic rings. The predicted octanol–water partition coefficient (Wildman–Crippen LogP) is 3.27. The quantitative estimate of drug-likeness (QED) is 0.568. The number of aromatic amines is 1. The van der Waals surface area contributed by atoms with Crippen LogP contribution in [-0.2, 0) is 0 Å². The summed E-state index contributed by atoms with van der Waals surface area (Å²) in [5.74, 6) is 0.247. The molecule has 2 N–H and O–H groups in total. The molecule has 1 heterocycles. The molecule has 0 fully saturated rings. The van der Waals surface area contributed by atoms with Crippen LogP contribution in [0.15, 0.2) is 42.5 Å². The Morgan fingerprint density at radius 2 is 2.04 bits per heavy atom. The average Bonchev–Trinajstić information content (AvgIpc) is 2.99. The first kappa shape index (κ1) is 15.7. The van der Waals surface area contributed by atoms with Gasteiger partial charge in [-0.25, -0.2) is 4.98 Å². The van der Waals surface area contributed by atoms with Gasteiger partial charge in [0, 0.05) is 17.2 Å². The molecule has 122 valence electrons. The van der Waals surface area contributed by atoms with Gasteiger partial charge >= 0.3 is 0 Å². The number of carbonyl (C=O) groups excluding carboxylic acids is 1. The molecule has 0 bridgehead atoms. The Labute approximate surface area is 137 Å². The molecule has 1 atom stereocenters. The zero-order chi connectivity index (χ0) is 17.3. The Bertz CT molecular complexity index is 899. The number of aromatic nitrogens is 2. The van der Waals surface area contributed by atoms with E-state index in [4.69, 9.17) is 0 Å². The van der Waals surface area contributed by atoms with Crippen molar-refractivity contribution in [3.63, 3.8) is 0 Å². The van der Waals surface area contributed by atoms with Crippen molar-refractivity contribution in [2.45, 2.75) is 19.9 Å². The highest BCUT2D eigenvalue weighted by atomic mass is 16.6. The topological polar surface area (TPSA) is 101 Å². The second-order valence-electron chi connectivity index (χ2n) is 5.59. The van der Waals surface area contributed by atoms with Crippen LogP contribution in [0.5, 0.6) is 0 Å². The maximum atomic E-state index is 12.4. The van der Waals surface area contributed by atoms with Gasteiger partial charge in [0.2, 0.25) is 0 Å². The molecule has 0 spiro atoms. The van der Waals surface area contributed by atoms with Gasteiger partial charge in [-0.05, 0) is 32.0 Å². The Kier molecular flexibility index (Phi) is 3.99. The first-order valence-corrected chi connectivity index (χ1v) is 7.46. The maximum absolute atomic E-state index is 12.4. The number of hydrogen-bond donors (Lipinski definition) is 2. The summed E-state index contributed by atoms with van der Waals surface area (Å²) in [5, 5.41) is 13.8. The van der Waals surface area contributed by atoms with Crippen LogP contribution in [0.25, 0.3) is 11.0 Å². The van der Waals surface area contributed by atoms with Gasteiger partial charge in [0.25, 0.3) is 11.6 Å². The minimum absolute atomic E-state index is 0.0703. The van der Waals surface area contributed by atoms with E-state index in [1.54, 1.807) is 26.0 Å². The molecular weight excluding hydrogens is 308 g/mol. The molecule has 7 nitrogen and oxygen atoms in total. The van der Waals surface area contributed by atoms with Crippen LogP contribution in [-0.4, -0.2) is 20.8 Å². The SMILES string of the molecule is Cc1ccc(C(=O)NC(C)c2nc3ccccc3[nH]2)cc1[N+](=O)[O-]. The molecular formula is C17H16N4O3. The summed E-state index contributed by atoms with van der Waals surface area (Å²) in [4.78, 5) is 30.5. The average molecular weight is 324 g/mol. The molecule has 7 heteroatoms. The second kappa shape index (κ2) is 6.11. The largest absolute Gasteiger partial charge is 0.342 e. The number of nitro groups is 1. The zero-order valence-corrected chi connectivity index (χ0v) is 13.2. The van der Waals surface area contributed by atoms with Gasteiger partial charge in [0.15, 0.2) is 0 Å². The first-order chi connectivity index (χ1) is 11.5. The fourth-order valence-electron chi connectivity index (χ4n) is 2.47. The lowest BCUT2D eigenvalue weighted by Gasteiger charge is -2.11. The highest BCUT2D eigenvalue weighted by Gasteiger charge is 2.18. The summed E-state index contributed by atoms with van der Waals surface area (Å²) in [5.41, 5.74) is 2.40. The Morgan fingerprint density at radius 3 is 2.75 bits per heavy atom. The smallest absolute Gasteiger partial charge is 0.273 e. The lowest BCUT2D eigenvalue weighted by Crippen LogP contribution is -2.27. The number of imidazole rings is 1. The summed E-state index contributed by atoms with van der Waals surface area (Å²) >= 11 is 0. The van der Waals surface area contributed by atoms with Gasteiger partial charge in [0.05, 0.1) is 22.0 Å². The lowest BCUT2D eigenvalue weighted by atomic mass is 10.1. The number of H-pyrrole nitrogens is 1. The minimum Gasteiger partial charge on any atom is -0.342 e. The standard InChI is InChI=1S/C17H16N4O3/c1-10-7-8-12(9-15(10)21(23)24)17(22)18-11(2)16-19-13-5-3-4-6-14(13)20-16/h3-9,11H,1-2H3,(H,18,22)(H,19,20). The third kappa shape index (κ3) is 2.96. The molecule has 0 aliphatic rings. The van der Waals surface area contributed by atoms with E-state index >= 15 is 0 Å². The number of carbonyl (C=O) groups is 1. The maximum Gasteiger partial charge on any atom is 0.273 e. The monoisotopic (exact) mass is 324 g/mol. The van der Waals surface area contributed by atoms with E-state index in [0.29, 0.717) is 11.4 Å². The van der Waals surface area contributed by atoms with E-state index in [0.717, 1.165) is 11.0 Å². The summed E-state index contributed by atoms with van der Waals surface area (Å²) in [6, 6.07) is 11.7. The number of para-hydroxylation sites is 2. The van der Waals surface area contributed by atoms with Crippen molar-refractivity contribution in [2.75, 3.05) is 0 Å². The Hall–Kier alpha value is -3.22. The van der Waals surface area contributed by atoms with Crippen molar-refractivity contribution >= 4 is 22.6 Å². The fourth-order valence-corrected chi connectivity index (χ4v) is 2.47. The van der Waals surface area contributed by atoms with Crippen LogP contribution >= 0.6 is 0 Å². The molecule has 0 saturated heterocycles. The normalized spacial score (nSPS) is 12.1. The number of hydrogen-bond acceptors (Lipinski definition) is 4. The highest BCUT2D eigenvalue weighted by molar-refractivity contribution is 5.95. The molecule has 1 aromatic heterocycles. The number of rotatable bonds is 4. The van der Waals surface area contributed by atoms with Crippen LogP contribution in [0.4, 0.5) is 5.69 Å². The van der Waals surface area contributed by atoms with Gasteiger partial charge in [-0.15, -0.1) is 0 Å². The molecule has 3 rings (SSSR count). The summed E-state index contributed by atoms with van der Waals surface area (Å²) < 4.78 is 0. The van der Waals surface area contributed by atoms with E-state index in [-0.39, 0.29) is 23.2 Å². The zero-order valence-electron chi connectivity index (χ0n) is 13.2. The van der Waals surface area contributed by atoms with Crippen LogP contribution in [0.1, 0.15) is 34.7 Å². The first-order valence-electron chi connectivity index (χ1n) is 7.46. The molecule has 1 unspecified atom stereocenters. The third-order valence-corrected chi connectivity index (χ3v) is 3.83. The van der Waals surface area contributed by atoms with Crippen LogP contribution in [0.2, 0.25) is 0 Å². The predicted molar refractivity (Wildman–Crippen MR) is 89.8 cm³/mol. The number of aryl methyl sites for hydroxylation is 1. The molecule has 0 radical (unpaired) electrons. The van der Waals surface area contributed by atoms with Gasteiger partial charge in [-0.1, -0.05) is 18.2 Å².